The summed E-state index contributed by atoms with van der Waals surface area (Å²) in [6.45, 7) is 11.1. The number of amides is 2. The van der Waals surface area contributed by atoms with Crippen molar-refractivity contribution in [1.29, 1.82) is 0 Å². The van der Waals surface area contributed by atoms with Crippen LogP contribution in [0.1, 0.15) is 58.1 Å². The van der Waals surface area contributed by atoms with Gasteiger partial charge in [-0.15, -0.1) is 0 Å². The molecular weight excluding hydrogens is 368 g/mol. The molecule has 2 aliphatic heterocycles. The van der Waals surface area contributed by atoms with Crippen LogP contribution in [0.3, 0.4) is 0 Å². The minimum absolute atomic E-state index is 0.101. The lowest BCUT2D eigenvalue weighted by Gasteiger charge is -2.32. The fourth-order valence-corrected chi connectivity index (χ4v) is 4.53. The standard InChI is InChI=1S/C23H34N2O4/c1-5-19(6-2)25-15-18(13-22(25)26)23(27)24-10-9-16-11-20(28-7-3)21(29-8-4)12-17(16)14-24/h11-12,18-19H,5-10,13-15H2,1-4H3. The van der Waals surface area contributed by atoms with Crippen LogP contribution in [0.25, 0.3) is 0 Å². The van der Waals surface area contributed by atoms with Crippen LogP contribution in [0, 0.1) is 5.92 Å². The molecule has 0 saturated carbocycles. The zero-order valence-electron chi connectivity index (χ0n) is 18.2. The highest BCUT2D eigenvalue weighted by Gasteiger charge is 2.39. The highest BCUT2D eigenvalue weighted by Crippen LogP contribution is 2.35. The van der Waals surface area contributed by atoms with Gasteiger partial charge in [0.15, 0.2) is 11.5 Å². The van der Waals surface area contributed by atoms with E-state index in [-0.39, 0.29) is 23.8 Å². The molecule has 1 aromatic carbocycles. The molecule has 1 fully saturated rings. The molecule has 2 amide bonds. The maximum Gasteiger partial charge on any atom is 0.228 e. The smallest absolute Gasteiger partial charge is 0.228 e. The summed E-state index contributed by atoms with van der Waals surface area (Å²) in [4.78, 5) is 29.5. The van der Waals surface area contributed by atoms with Crippen molar-refractivity contribution in [2.24, 2.45) is 5.92 Å². The molecular formula is C23H34N2O4. The van der Waals surface area contributed by atoms with Gasteiger partial charge in [-0.1, -0.05) is 13.8 Å². The largest absolute Gasteiger partial charge is 0.490 e. The summed E-state index contributed by atoms with van der Waals surface area (Å²) in [6, 6.07) is 4.31. The lowest BCUT2D eigenvalue weighted by molar-refractivity contribution is -0.136. The summed E-state index contributed by atoms with van der Waals surface area (Å²) < 4.78 is 11.5. The molecule has 1 aromatic rings. The molecule has 1 saturated heterocycles. The topological polar surface area (TPSA) is 59.1 Å². The molecule has 1 unspecified atom stereocenters. The molecule has 6 nitrogen and oxygen atoms in total. The van der Waals surface area contributed by atoms with E-state index < -0.39 is 0 Å². The van der Waals surface area contributed by atoms with Gasteiger partial charge in [0, 0.05) is 32.1 Å². The van der Waals surface area contributed by atoms with Crippen LogP contribution < -0.4 is 9.47 Å². The highest BCUT2D eigenvalue weighted by atomic mass is 16.5. The highest BCUT2D eigenvalue weighted by molar-refractivity contribution is 5.89. The molecule has 0 aliphatic carbocycles. The number of carbonyl (C=O) groups excluding carboxylic acids is 2. The summed E-state index contributed by atoms with van der Waals surface area (Å²) in [5.74, 6) is 1.51. The number of benzene rings is 1. The zero-order valence-corrected chi connectivity index (χ0v) is 18.2. The van der Waals surface area contributed by atoms with Gasteiger partial charge in [0.1, 0.15) is 0 Å². The molecule has 0 N–H and O–H groups in total. The van der Waals surface area contributed by atoms with E-state index in [2.05, 4.69) is 19.9 Å². The molecule has 0 aromatic heterocycles. The second-order valence-corrected chi connectivity index (χ2v) is 7.86. The Morgan fingerprint density at radius 2 is 1.69 bits per heavy atom. The number of hydrogen-bond acceptors (Lipinski definition) is 4. The van der Waals surface area contributed by atoms with Gasteiger partial charge < -0.3 is 19.3 Å². The quantitative estimate of drug-likeness (QED) is 0.669. The van der Waals surface area contributed by atoms with Gasteiger partial charge in [-0.05, 0) is 56.4 Å². The van der Waals surface area contributed by atoms with Crippen molar-refractivity contribution in [1.82, 2.24) is 9.80 Å². The van der Waals surface area contributed by atoms with Crippen molar-refractivity contribution in [2.75, 3.05) is 26.3 Å². The second kappa shape index (κ2) is 9.51. The molecule has 0 radical (unpaired) electrons. The third-order valence-corrected chi connectivity index (χ3v) is 6.08. The Hall–Kier alpha value is -2.24. The monoisotopic (exact) mass is 402 g/mol. The summed E-state index contributed by atoms with van der Waals surface area (Å²) in [5, 5.41) is 0. The van der Waals surface area contributed by atoms with Gasteiger partial charge >= 0.3 is 0 Å². The average molecular weight is 403 g/mol. The first-order valence-corrected chi connectivity index (χ1v) is 11.0. The van der Waals surface area contributed by atoms with E-state index in [4.69, 9.17) is 9.47 Å². The number of fused-ring (bicyclic) bond motifs is 1. The molecule has 2 heterocycles. The first kappa shape index (κ1) is 21.5. The predicted octanol–water partition coefficient (Wildman–Crippen LogP) is 3.41. The van der Waals surface area contributed by atoms with Crippen molar-refractivity contribution in [3.05, 3.63) is 23.3 Å². The average Bonchev–Trinajstić information content (AvgIpc) is 3.10. The number of likely N-dealkylation sites (tertiary alicyclic amines) is 1. The normalized spacial score (nSPS) is 18.9. The Labute approximate surface area is 174 Å². The van der Waals surface area contributed by atoms with E-state index >= 15 is 0 Å². The second-order valence-electron chi connectivity index (χ2n) is 7.86. The van der Waals surface area contributed by atoms with E-state index in [0.29, 0.717) is 39.3 Å². The first-order chi connectivity index (χ1) is 14.0. The number of ether oxygens (including phenoxy) is 2. The van der Waals surface area contributed by atoms with E-state index in [0.717, 1.165) is 36.3 Å². The predicted molar refractivity (Wildman–Crippen MR) is 112 cm³/mol. The number of nitrogens with zero attached hydrogens (tertiary/aromatic N) is 2. The van der Waals surface area contributed by atoms with Gasteiger partial charge in [0.25, 0.3) is 0 Å². The minimum atomic E-state index is -0.223. The van der Waals surface area contributed by atoms with Crippen molar-refractivity contribution >= 4 is 11.8 Å². The van der Waals surface area contributed by atoms with Crippen molar-refractivity contribution in [3.8, 4) is 11.5 Å². The van der Waals surface area contributed by atoms with Crippen LogP contribution in [0.5, 0.6) is 11.5 Å². The zero-order chi connectivity index (χ0) is 21.0. The fraction of sp³-hybridized carbons (Fsp3) is 0.652. The van der Waals surface area contributed by atoms with Gasteiger partial charge in [-0.3, -0.25) is 9.59 Å². The first-order valence-electron chi connectivity index (χ1n) is 11.0. The lowest BCUT2D eigenvalue weighted by Crippen LogP contribution is -2.41. The van der Waals surface area contributed by atoms with Crippen molar-refractivity contribution < 1.29 is 19.1 Å². The Balaban J connectivity index is 1.72. The van der Waals surface area contributed by atoms with E-state index in [1.54, 1.807) is 0 Å². The summed E-state index contributed by atoms with van der Waals surface area (Å²) in [7, 11) is 0. The molecule has 3 rings (SSSR count). The number of rotatable bonds is 8. The van der Waals surface area contributed by atoms with Crippen LogP contribution >= 0.6 is 0 Å². The van der Waals surface area contributed by atoms with Gasteiger partial charge in [0.2, 0.25) is 11.8 Å². The Morgan fingerprint density at radius 1 is 1.07 bits per heavy atom. The fourth-order valence-electron chi connectivity index (χ4n) is 4.53. The van der Waals surface area contributed by atoms with Crippen LogP contribution in [0.2, 0.25) is 0 Å². The molecule has 0 spiro atoms. The molecule has 0 bridgehead atoms. The van der Waals surface area contributed by atoms with E-state index in [1.807, 2.05) is 29.7 Å². The molecule has 2 aliphatic rings. The molecule has 1 atom stereocenters. The number of hydrogen-bond donors (Lipinski definition) is 0. The third-order valence-electron chi connectivity index (χ3n) is 6.08. The van der Waals surface area contributed by atoms with Crippen LogP contribution in [-0.2, 0) is 22.6 Å². The SMILES string of the molecule is CCOc1cc2c(cc1OCC)CN(C(=O)C1CC(=O)N(C(CC)CC)C1)CC2. The Bertz CT molecular complexity index is 745. The lowest BCUT2D eigenvalue weighted by atomic mass is 9.97. The van der Waals surface area contributed by atoms with Gasteiger partial charge in [0.05, 0.1) is 19.1 Å². The van der Waals surface area contributed by atoms with Gasteiger partial charge in [-0.2, -0.15) is 0 Å². The third kappa shape index (κ3) is 4.51. The molecule has 29 heavy (non-hydrogen) atoms. The molecule has 6 heteroatoms. The van der Waals surface area contributed by atoms with Crippen LogP contribution in [-0.4, -0.2) is 54.0 Å². The van der Waals surface area contributed by atoms with E-state index in [9.17, 15) is 9.59 Å². The Morgan fingerprint density at radius 3 is 2.28 bits per heavy atom. The maximum atomic E-state index is 13.2. The van der Waals surface area contributed by atoms with Crippen LogP contribution in [0.15, 0.2) is 12.1 Å². The number of carbonyl (C=O) groups is 2. The van der Waals surface area contributed by atoms with Gasteiger partial charge in [-0.25, -0.2) is 0 Å². The van der Waals surface area contributed by atoms with Crippen molar-refractivity contribution in [2.45, 2.75) is 66.0 Å². The van der Waals surface area contributed by atoms with Crippen LogP contribution in [0.4, 0.5) is 0 Å². The summed E-state index contributed by atoms with van der Waals surface area (Å²) >= 11 is 0. The van der Waals surface area contributed by atoms with E-state index in [1.165, 1.54) is 5.56 Å². The summed E-state index contributed by atoms with van der Waals surface area (Å²) in [6.07, 6.45) is 3.00. The minimum Gasteiger partial charge on any atom is -0.490 e. The van der Waals surface area contributed by atoms with Crippen molar-refractivity contribution in [3.63, 3.8) is 0 Å². The maximum absolute atomic E-state index is 13.2. The summed E-state index contributed by atoms with van der Waals surface area (Å²) in [5.41, 5.74) is 2.32. The molecule has 160 valence electrons. The Kier molecular flexibility index (Phi) is 7.04.